The van der Waals surface area contributed by atoms with E-state index in [9.17, 15) is 4.79 Å². The Labute approximate surface area is 172 Å². The number of halogens is 2. The first-order valence-electron chi connectivity index (χ1n) is 8.31. The van der Waals surface area contributed by atoms with E-state index >= 15 is 0 Å². The molecule has 0 bridgehead atoms. The predicted molar refractivity (Wildman–Crippen MR) is 111 cm³/mol. The van der Waals surface area contributed by atoms with Gasteiger partial charge in [-0.1, -0.05) is 53.0 Å². The first-order valence-corrected chi connectivity index (χ1v) is 9.48. The van der Waals surface area contributed by atoms with Gasteiger partial charge in [0.1, 0.15) is 6.54 Å². The summed E-state index contributed by atoms with van der Waals surface area (Å²) in [5.74, 6) is 0.445. The number of aryl methyl sites for hydroxylation is 1. The average molecular weight is 421 g/mol. The Morgan fingerprint density at radius 2 is 2.04 bits per heavy atom. The Hall–Kier alpha value is -2.15. The van der Waals surface area contributed by atoms with Crippen LogP contribution in [0.3, 0.4) is 0 Å². The van der Waals surface area contributed by atoms with Gasteiger partial charge in [0.05, 0.1) is 16.1 Å². The molecule has 0 saturated heterocycles. The molecular formula is C19H18Cl2N4OS. The van der Waals surface area contributed by atoms with E-state index in [0.717, 1.165) is 16.7 Å². The van der Waals surface area contributed by atoms with Gasteiger partial charge in [0.2, 0.25) is 5.91 Å². The number of nitrogens with zero attached hydrogens (tertiary/aromatic N) is 2. The molecular weight excluding hydrogens is 403 g/mol. The number of amides is 1. The fourth-order valence-corrected chi connectivity index (χ4v) is 3.27. The van der Waals surface area contributed by atoms with Crippen LogP contribution < -0.4 is 5.32 Å². The number of benzene rings is 2. The van der Waals surface area contributed by atoms with E-state index in [2.05, 4.69) is 15.5 Å². The number of rotatable bonds is 5. The highest BCUT2D eigenvalue weighted by molar-refractivity contribution is 7.71. The molecule has 0 spiro atoms. The number of nitrogens with one attached hydrogen (secondary N) is 2. The molecule has 140 valence electrons. The second-order valence-electron chi connectivity index (χ2n) is 6.27. The molecule has 5 nitrogen and oxygen atoms in total. The van der Waals surface area contributed by atoms with Gasteiger partial charge >= 0.3 is 0 Å². The van der Waals surface area contributed by atoms with Crippen LogP contribution in [-0.2, 0) is 11.3 Å². The quantitative estimate of drug-likeness (QED) is 0.564. The molecule has 0 aliphatic carbocycles. The summed E-state index contributed by atoms with van der Waals surface area (Å²) >= 11 is 17.3. The Bertz CT molecular complexity index is 1040. The zero-order valence-electron chi connectivity index (χ0n) is 14.8. The molecule has 3 rings (SSSR count). The standard InChI is InChI=1S/C19H18Cl2N4OS/c1-11-4-3-5-14(8-11)18-23-24-19(27)25(18)10-17(26)22-12(2)13-6-7-15(20)16(21)9-13/h3-9,12H,10H2,1-2H3,(H,22,26)(H,24,27)/t12-/m0/s1. The molecule has 1 atom stereocenters. The average Bonchev–Trinajstić information content (AvgIpc) is 2.98. The van der Waals surface area contributed by atoms with Gasteiger partial charge in [-0.25, -0.2) is 0 Å². The second kappa shape index (κ2) is 8.25. The molecule has 1 heterocycles. The topological polar surface area (TPSA) is 62.7 Å². The van der Waals surface area contributed by atoms with Crippen LogP contribution in [0.1, 0.15) is 24.1 Å². The SMILES string of the molecule is Cc1cccc(-c2n[nH]c(=S)n2CC(=O)N[C@@H](C)c2ccc(Cl)c(Cl)c2)c1. The minimum absolute atomic E-state index is 0.0598. The van der Waals surface area contributed by atoms with E-state index in [1.54, 1.807) is 16.7 Å². The Morgan fingerprint density at radius 3 is 2.74 bits per heavy atom. The largest absolute Gasteiger partial charge is 0.348 e. The van der Waals surface area contributed by atoms with Gasteiger partial charge in [-0.05, 0) is 49.8 Å². The number of aromatic nitrogens is 3. The summed E-state index contributed by atoms with van der Waals surface area (Å²) in [4.78, 5) is 12.6. The highest BCUT2D eigenvalue weighted by atomic mass is 35.5. The van der Waals surface area contributed by atoms with Crippen LogP contribution in [-0.4, -0.2) is 20.7 Å². The number of H-pyrrole nitrogens is 1. The van der Waals surface area contributed by atoms with Crippen LogP contribution in [0.2, 0.25) is 10.0 Å². The van der Waals surface area contributed by atoms with E-state index in [-0.39, 0.29) is 18.5 Å². The third kappa shape index (κ3) is 4.58. The van der Waals surface area contributed by atoms with Gasteiger partial charge < -0.3 is 5.32 Å². The van der Waals surface area contributed by atoms with E-state index in [1.807, 2.05) is 44.2 Å². The van der Waals surface area contributed by atoms with Crippen molar-refractivity contribution in [3.63, 3.8) is 0 Å². The van der Waals surface area contributed by atoms with Crippen LogP contribution in [0.25, 0.3) is 11.4 Å². The summed E-state index contributed by atoms with van der Waals surface area (Å²) < 4.78 is 2.07. The van der Waals surface area contributed by atoms with Gasteiger partial charge in [-0.2, -0.15) is 5.10 Å². The highest BCUT2D eigenvalue weighted by Gasteiger charge is 2.15. The molecule has 2 aromatic carbocycles. The number of carbonyl (C=O) groups is 1. The lowest BCUT2D eigenvalue weighted by molar-refractivity contribution is -0.122. The van der Waals surface area contributed by atoms with Crippen molar-refractivity contribution >= 4 is 41.3 Å². The van der Waals surface area contributed by atoms with E-state index in [1.165, 1.54) is 0 Å². The van der Waals surface area contributed by atoms with E-state index in [4.69, 9.17) is 35.4 Å². The summed E-state index contributed by atoms with van der Waals surface area (Å²) in [5, 5.41) is 10.9. The van der Waals surface area contributed by atoms with Crippen molar-refractivity contribution in [2.24, 2.45) is 0 Å². The summed E-state index contributed by atoms with van der Waals surface area (Å²) in [7, 11) is 0. The molecule has 0 aliphatic rings. The van der Waals surface area contributed by atoms with Gasteiger partial charge in [0, 0.05) is 5.56 Å². The lowest BCUT2D eigenvalue weighted by Gasteiger charge is -2.16. The molecule has 0 aliphatic heterocycles. The highest BCUT2D eigenvalue weighted by Crippen LogP contribution is 2.25. The summed E-state index contributed by atoms with van der Waals surface area (Å²) in [5.41, 5.74) is 2.87. The van der Waals surface area contributed by atoms with Gasteiger partial charge in [0.25, 0.3) is 0 Å². The van der Waals surface area contributed by atoms with Crippen LogP contribution in [0.4, 0.5) is 0 Å². The molecule has 8 heteroatoms. The van der Waals surface area contributed by atoms with Crippen molar-refractivity contribution in [2.75, 3.05) is 0 Å². The smallest absolute Gasteiger partial charge is 0.240 e. The zero-order chi connectivity index (χ0) is 19.6. The minimum Gasteiger partial charge on any atom is -0.348 e. The fourth-order valence-electron chi connectivity index (χ4n) is 2.76. The van der Waals surface area contributed by atoms with E-state index < -0.39 is 0 Å². The zero-order valence-corrected chi connectivity index (χ0v) is 17.1. The fraction of sp³-hybridized carbons (Fsp3) is 0.211. The van der Waals surface area contributed by atoms with Crippen molar-refractivity contribution in [3.05, 3.63) is 68.4 Å². The van der Waals surface area contributed by atoms with Gasteiger partial charge in [0.15, 0.2) is 10.6 Å². The molecule has 27 heavy (non-hydrogen) atoms. The maximum atomic E-state index is 12.6. The molecule has 0 fully saturated rings. The predicted octanol–water partition coefficient (Wildman–Crippen LogP) is 5.10. The number of hydrogen-bond donors (Lipinski definition) is 2. The number of carbonyl (C=O) groups excluding carboxylic acids is 1. The molecule has 0 unspecified atom stereocenters. The van der Waals surface area contributed by atoms with Crippen molar-refractivity contribution < 1.29 is 4.79 Å². The lowest BCUT2D eigenvalue weighted by Crippen LogP contribution is -2.30. The Kier molecular flexibility index (Phi) is 5.99. The summed E-state index contributed by atoms with van der Waals surface area (Å²) in [6.07, 6.45) is 0. The Balaban J connectivity index is 1.77. The van der Waals surface area contributed by atoms with Crippen LogP contribution in [0.5, 0.6) is 0 Å². The van der Waals surface area contributed by atoms with Crippen molar-refractivity contribution in [1.82, 2.24) is 20.1 Å². The third-order valence-electron chi connectivity index (χ3n) is 4.16. The maximum Gasteiger partial charge on any atom is 0.240 e. The first kappa shape index (κ1) is 19.6. The molecule has 1 amide bonds. The molecule has 3 aromatic rings. The minimum atomic E-state index is -0.226. The Morgan fingerprint density at radius 1 is 1.26 bits per heavy atom. The molecule has 2 N–H and O–H groups in total. The maximum absolute atomic E-state index is 12.6. The monoisotopic (exact) mass is 420 g/mol. The molecule has 0 radical (unpaired) electrons. The normalized spacial score (nSPS) is 12.0. The van der Waals surface area contributed by atoms with Crippen molar-refractivity contribution in [1.29, 1.82) is 0 Å². The van der Waals surface area contributed by atoms with Gasteiger partial charge in [-0.3, -0.25) is 14.5 Å². The van der Waals surface area contributed by atoms with Crippen LogP contribution >= 0.6 is 35.4 Å². The van der Waals surface area contributed by atoms with E-state index in [0.29, 0.717) is 20.6 Å². The van der Waals surface area contributed by atoms with Gasteiger partial charge in [-0.15, -0.1) is 0 Å². The van der Waals surface area contributed by atoms with Crippen molar-refractivity contribution in [2.45, 2.75) is 26.4 Å². The van der Waals surface area contributed by atoms with Crippen LogP contribution in [0, 0.1) is 11.7 Å². The summed E-state index contributed by atoms with van der Waals surface area (Å²) in [6, 6.07) is 12.9. The molecule has 1 aromatic heterocycles. The lowest BCUT2D eigenvalue weighted by atomic mass is 10.1. The third-order valence-corrected chi connectivity index (χ3v) is 5.21. The summed E-state index contributed by atoms with van der Waals surface area (Å²) in [6.45, 7) is 3.94. The number of hydrogen-bond acceptors (Lipinski definition) is 3. The first-order chi connectivity index (χ1) is 12.8. The van der Waals surface area contributed by atoms with Crippen molar-refractivity contribution in [3.8, 4) is 11.4 Å². The van der Waals surface area contributed by atoms with Crippen LogP contribution in [0.15, 0.2) is 42.5 Å². The second-order valence-corrected chi connectivity index (χ2v) is 7.47. The molecule has 0 saturated carbocycles. The number of aromatic amines is 1.